The number of carbonyl (C=O) groups is 1. The van der Waals surface area contributed by atoms with Crippen LogP contribution in [0.4, 0.5) is 13.2 Å². The van der Waals surface area contributed by atoms with E-state index in [9.17, 15) is 18.0 Å². The van der Waals surface area contributed by atoms with Gasteiger partial charge < -0.3 is 5.32 Å². The van der Waals surface area contributed by atoms with Crippen LogP contribution in [-0.4, -0.2) is 25.5 Å². The first-order chi connectivity index (χ1) is 11.2. The molecule has 10 heteroatoms. The monoisotopic (exact) mass is 363 g/mol. The molecule has 0 spiro atoms. The predicted molar refractivity (Wildman–Crippen MR) is 81.3 cm³/mol. The minimum Gasteiger partial charge on any atom is -0.350 e. The number of hydrogen-bond acceptors (Lipinski definition) is 3. The van der Waals surface area contributed by atoms with E-state index in [1.165, 1.54) is 11.6 Å². The number of carbonyl (C=O) groups excluding carboxylic acids is 1. The van der Waals surface area contributed by atoms with Crippen LogP contribution >= 0.6 is 11.6 Å². The summed E-state index contributed by atoms with van der Waals surface area (Å²) >= 11 is 5.99. The molecule has 1 N–H and O–H groups in total. The molecule has 0 radical (unpaired) electrons. The van der Waals surface area contributed by atoms with Crippen molar-refractivity contribution in [2.75, 3.05) is 0 Å². The first kappa shape index (κ1) is 18.3. The molecule has 6 nitrogen and oxygen atoms in total. The number of amides is 1. The summed E-state index contributed by atoms with van der Waals surface area (Å²) < 4.78 is 40.6. The fourth-order valence-corrected chi connectivity index (χ4v) is 2.29. The lowest BCUT2D eigenvalue weighted by molar-refractivity contribution is -0.141. The Balaban J connectivity index is 1.87. The SMILES string of the molecule is CCn1cc(Cl)c(CNC(=O)CCn2nc(C(F)(F)F)cc2C)n1. The topological polar surface area (TPSA) is 64.7 Å². The fourth-order valence-electron chi connectivity index (χ4n) is 2.07. The first-order valence-corrected chi connectivity index (χ1v) is 7.68. The molecule has 0 unspecified atom stereocenters. The number of nitrogens with one attached hydrogen (secondary N) is 1. The molecule has 0 aliphatic carbocycles. The van der Waals surface area contributed by atoms with Gasteiger partial charge in [-0.1, -0.05) is 11.6 Å². The summed E-state index contributed by atoms with van der Waals surface area (Å²) in [5, 5.41) is 10.8. The first-order valence-electron chi connectivity index (χ1n) is 7.31. The Morgan fingerprint density at radius 2 is 2.08 bits per heavy atom. The predicted octanol–water partition coefficient (Wildman–Crippen LogP) is 2.79. The zero-order valence-corrected chi connectivity index (χ0v) is 13.9. The summed E-state index contributed by atoms with van der Waals surface area (Å²) in [6.07, 6.45) is -2.83. The minimum atomic E-state index is -4.49. The molecular weight excluding hydrogens is 347 g/mol. The Morgan fingerprint density at radius 3 is 2.62 bits per heavy atom. The van der Waals surface area contributed by atoms with Gasteiger partial charge in [0.05, 0.1) is 11.6 Å². The van der Waals surface area contributed by atoms with Crippen LogP contribution < -0.4 is 5.32 Å². The highest BCUT2D eigenvalue weighted by molar-refractivity contribution is 6.31. The van der Waals surface area contributed by atoms with E-state index < -0.39 is 11.9 Å². The number of rotatable bonds is 6. The molecule has 132 valence electrons. The number of alkyl halides is 3. The van der Waals surface area contributed by atoms with E-state index in [1.54, 1.807) is 10.9 Å². The molecule has 1 amide bonds. The average Bonchev–Trinajstić information content (AvgIpc) is 3.05. The molecule has 0 bridgehead atoms. The fraction of sp³-hybridized carbons (Fsp3) is 0.500. The summed E-state index contributed by atoms with van der Waals surface area (Å²) in [6.45, 7) is 4.31. The second kappa shape index (κ2) is 7.25. The number of halogens is 4. The number of aromatic nitrogens is 4. The van der Waals surface area contributed by atoms with Crippen molar-refractivity contribution >= 4 is 17.5 Å². The van der Waals surface area contributed by atoms with Gasteiger partial charge in [-0.15, -0.1) is 0 Å². The summed E-state index contributed by atoms with van der Waals surface area (Å²) in [4.78, 5) is 11.8. The van der Waals surface area contributed by atoms with E-state index in [-0.39, 0.29) is 25.4 Å². The van der Waals surface area contributed by atoms with Gasteiger partial charge in [0.25, 0.3) is 0 Å². The van der Waals surface area contributed by atoms with Gasteiger partial charge in [-0.05, 0) is 19.9 Å². The number of nitrogens with zero attached hydrogens (tertiary/aromatic N) is 4. The van der Waals surface area contributed by atoms with Gasteiger partial charge >= 0.3 is 6.18 Å². The van der Waals surface area contributed by atoms with Crippen molar-refractivity contribution in [3.63, 3.8) is 0 Å². The Kier molecular flexibility index (Phi) is 5.53. The smallest absolute Gasteiger partial charge is 0.350 e. The van der Waals surface area contributed by atoms with Crippen LogP contribution in [0.1, 0.15) is 30.4 Å². The van der Waals surface area contributed by atoms with Crippen molar-refractivity contribution in [1.82, 2.24) is 24.9 Å². The minimum absolute atomic E-state index is 0.00588. The molecule has 2 aromatic heterocycles. The highest BCUT2D eigenvalue weighted by Gasteiger charge is 2.34. The van der Waals surface area contributed by atoms with E-state index in [4.69, 9.17) is 11.6 Å². The lowest BCUT2D eigenvalue weighted by Gasteiger charge is -2.06. The van der Waals surface area contributed by atoms with Crippen LogP contribution in [0.5, 0.6) is 0 Å². The van der Waals surface area contributed by atoms with Crippen molar-refractivity contribution in [2.24, 2.45) is 0 Å². The molecule has 0 aromatic carbocycles. The van der Waals surface area contributed by atoms with Crippen LogP contribution in [0, 0.1) is 6.92 Å². The normalized spacial score (nSPS) is 11.8. The lowest BCUT2D eigenvalue weighted by Crippen LogP contribution is -2.24. The third-order valence-electron chi connectivity index (χ3n) is 3.39. The highest BCUT2D eigenvalue weighted by atomic mass is 35.5. The Hall–Kier alpha value is -2.03. The van der Waals surface area contributed by atoms with Gasteiger partial charge in [-0.25, -0.2) is 0 Å². The van der Waals surface area contributed by atoms with Crippen LogP contribution in [-0.2, 0) is 30.6 Å². The maximum Gasteiger partial charge on any atom is 0.435 e. The zero-order chi connectivity index (χ0) is 17.9. The average molecular weight is 364 g/mol. The van der Waals surface area contributed by atoms with Crippen LogP contribution in [0.25, 0.3) is 0 Å². The largest absolute Gasteiger partial charge is 0.435 e. The van der Waals surface area contributed by atoms with Crippen molar-refractivity contribution < 1.29 is 18.0 Å². The van der Waals surface area contributed by atoms with Gasteiger partial charge in [-0.3, -0.25) is 14.2 Å². The lowest BCUT2D eigenvalue weighted by atomic mass is 10.3. The van der Waals surface area contributed by atoms with Crippen LogP contribution in [0.3, 0.4) is 0 Å². The molecule has 2 rings (SSSR count). The van der Waals surface area contributed by atoms with E-state index in [0.717, 1.165) is 6.07 Å². The van der Waals surface area contributed by atoms with Crippen molar-refractivity contribution in [1.29, 1.82) is 0 Å². The number of aryl methyl sites for hydroxylation is 3. The maximum absolute atomic E-state index is 12.6. The Bertz CT molecular complexity index is 723. The molecule has 0 fully saturated rings. The van der Waals surface area contributed by atoms with Crippen molar-refractivity contribution in [3.05, 3.63) is 34.4 Å². The Labute approximate surface area is 141 Å². The van der Waals surface area contributed by atoms with Gasteiger partial charge in [0.15, 0.2) is 5.69 Å². The van der Waals surface area contributed by atoms with Crippen LogP contribution in [0.15, 0.2) is 12.3 Å². The molecule has 2 aromatic rings. The molecule has 0 atom stereocenters. The molecule has 24 heavy (non-hydrogen) atoms. The van der Waals surface area contributed by atoms with E-state index in [2.05, 4.69) is 15.5 Å². The quantitative estimate of drug-likeness (QED) is 0.858. The molecule has 2 heterocycles. The molecular formula is C14H17ClF3N5O. The molecule has 0 aliphatic rings. The van der Waals surface area contributed by atoms with Crippen molar-refractivity contribution in [2.45, 2.75) is 46.1 Å². The molecule has 0 saturated carbocycles. The molecule has 0 aliphatic heterocycles. The second-order valence-corrected chi connectivity index (χ2v) is 5.61. The van der Waals surface area contributed by atoms with E-state index in [0.29, 0.717) is 23.0 Å². The van der Waals surface area contributed by atoms with Gasteiger partial charge in [0, 0.05) is 31.4 Å². The summed E-state index contributed by atoms with van der Waals surface area (Å²) in [5.74, 6) is -0.319. The summed E-state index contributed by atoms with van der Waals surface area (Å²) in [5.41, 5.74) is -0.0707. The van der Waals surface area contributed by atoms with E-state index >= 15 is 0 Å². The second-order valence-electron chi connectivity index (χ2n) is 5.20. The summed E-state index contributed by atoms with van der Waals surface area (Å²) in [6, 6.07) is 0.953. The summed E-state index contributed by atoms with van der Waals surface area (Å²) in [7, 11) is 0. The van der Waals surface area contributed by atoms with E-state index in [1.807, 2.05) is 6.92 Å². The highest BCUT2D eigenvalue weighted by Crippen LogP contribution is 2.28. The van der Waals surface area contributed by atoms with Crippen LogP contribution in [0.2, 0.25) is 5.02 Å². The standard InChI is InChI=1S/C14H17ClF3N5O/c1-3-22-8-10(15)11(20-22)7-19-13(24)4-5-23-9(2)6-12(21-23)14(16,17)18/h6,8H,3-5,7H2,1-2H3,(H,19,24). The Morgan fingerprint density at radius 1 is 1.38 bits per heavy atom. The third-order valence-corrected chi connectivity index (χ3v) is 3.70. The molecule has 0 saturated heterocycles. The van der Waals surface area contributed by atoms with Gasteiger partial charge in [0.1, 0.15) is 5.69 Å². The zero-order valence-electron chi connectivity index (χ0n) is 13.2. The maximum atomic E-state index is 12.6. The van der Waals surface area contributed by atoms with Gasteiger partial charge in [-0.2, -0.15) is 23.4 Å². The third kappa shape index (κ3) is 4.50. The van der Waals surface area contributed by atoms with Crippen molar-refractivity contribution in [3.8, 4) is 0 Å². The number of hydrogen-bond donors (Lipinski definition) is 1. The van der Waals surface area contributed by atoms with Gasteiger partial charge in [0.2, 0.25) is 5.91 Å².